The topological polar surface area (TPSA) is 12.0 Å². The summed E-state index contributed by atoms with van der Waals surface area (Å²) in [6.07, 6.45) is 5.52. The molecule has 106 valence electrons. The van der Waals surface area contributed by atoms with E-state index in [0.717, 1.165) is 24.3 Å². The lowest BCUT2D eigenvalue weighted by Crippen LogP contribution is -2.34. The molecule has 0 aromatic heterocycles. The molecule has 0 spiro atoms. The first-order chi connectivity index (χ1) is 9.15. The van der Waals surface area contributed by atoms with Crippen molar-refractivity contribution in [1.29, 1.82) is 0 Å². The molecule has 1 unspecified atom stereocenters. The molecule has 1 aromatic carbocycles. The molecule has 1 fully saturated rings. The van der Waals surface area contributed by atoms with Crippen molar-refractivity contribution in [3.05, 3.63) is 34.3 Å². The molecule has 1 N–H and O–H groups in total. The second-order valence-electron chi connectivity index (χ2n) is 6.34. The molecule has 2 rings (SSSR count). The second kappa shape index (κ2) is 7.44. The summed E-state index contributed by atoms with van der Waals surface area (Å²) >= 11 is 3.58. The van der Waals surface area contributed by atoms with Gasteiger partial charge in [-0.1, -0.05) is 61.2 Å². The van der Waals surface area contributed by atoms with Crippen molar-refractivity contribution in [1.82, 2.24) is 5.32 Å². The highest BCUT2D eigenvalue weighted by Crippen LogP contribution is 2.35. The first-order valence-electron chi connectivity index (χ1n) is 7.60. The van der Waals surface area contributed by atoms with Gasteiger partial charge in [-0.3, -0.25) is 0 Å². The zero-order valence-electron chi connectivity index (χ0n) is 12.2. The lowest BCUT2D eigenvalue weighted by molar-refractivity contribution is 0.198. The van der Waals surface area contributed by atoms with Crippen LogP contribution in [0.25, 0.3) is 0 Å². The SMILES string of the molecule is CC(C)CNCC(Cc1cccc(Br)c1)C1CCC1. The van der Waals surface area contributed by atoms with E-state index in [1.54, 1.807) is 0 Å². The molecule has 0 amide bonds. The van der Waals surface area contributed by atoms with Gasteiger partial charge in [-0.25, -0.2) is 0 Å². The summed E-state index contributed by atoms with van der Waals surface area (Å²) in [7, 11) is 0. The Morgan fingerprint density at radius 2 is 2.05 bits per heavy atom. The summed E-state index contributed by atoms with van der Waals surface area (Å²) in [5.41, 5.74) is 1.47. The number of nitrogens with one attached hydrogen (secondary N) is 1. The van der Waals surface area contributed by atoms with Crippen molar-refractivity contribution < 1.29 is 0 Å². The van der Waals surface area contributed by atoms with Crippen LogP contribution in [0.5, 0.6) is 0 Å². The molecule has 1 aliphatic rings. The van der Waals surface area contributed by atoms with Gasteiger partial charge in [0.15, 0.2) is 0 Å². The average molecular weight is 324 g/mol. The predicted octanol–water partition coefficient (Wildman–Crippen LogP) is 4.65. The molecular formula is C17H26BrN. The Morgan fingerprint density at radius 3 is 2.63 bits per heavy atom. The van der Waals surface area contributed by atoms with E-state index in [9.17, 15) is 0 Å². The van der Waals surface area contributed by atoms with Gasteiger partial charge < -0.3 is 5.32 Å². The molecule has 1 aromatic rings. The molecule has 2 heteroatoms. The molecule has 0 aliphatic heterocycles. The summed E-state index contributed by atoms with van der Waals surface area (Å²) in [5.74, 6) is 2.49. The average Bonchev–Trinajstić information content (AvgIpc) is 2.25. The van der Waals surface area contributed by atoms with Gasteiger partial charge in [0.1, 0.15) is 0 Å². The molecule has 1 nitrogen and oxygen atoms in total. The quantitative estimate of drug-likeness (QED) is 0.769. The van der Waals surface area contributed by atoms with Gasteiger partial charge in [-0.05, 0) is 55.0 Å². The van der Waals surface area contributed by atoms with Crippen molar-refractivity contribution in [2.75, 3.05) is 13.1 Å². The third-order valence-corrected chi connectivity index (χ3v) is 4.66. The highest BCUT2D eigenvalue weighted by molar-refractivity contribution is 9.10. The van der Waals surface area contributed by atoms with Crippen molar-refractivity contribution >= 4 is 15.9 Å². The minimum Gasteiger partial charge on any atom is -0.316 e. The number of rotatable bonds is 7. The van der Waals surface area contributed by atoms with Crippen LogP contribution in [0.4, 0.5) is 0 Å². The van der Waals surface area contributed by atoms with E-state index in [0.29, 0.717) is 0 Å². The second-order valence-corrected chi connectivity index (χ2v) is 7.25. The molecule has 19 heavy (non-hydrogen) atoms. The Morgan fingerprint density at radius 1 is 1.26 bits per heavy atom. The van der Waals surface area contributed by atoms with Crippen LogP contribution >= 0.6 is 15.9 Å². The molecule has 0 radical (unpaired) electrons. The summed E-state index contributed by atoms with van der Waals surface area (Å²) < 4.78 is 1.20. The van der Waals surface area contributed by atoms with Gasteiger partial charge in [0.25, 0.3) is 0 Å². The monoisotopic (exact) mass is 323 g/mol. The zero-order chi connectivity index (χ0) is 13.7. The van der Waals surface area contributed by atoms with Gasteiger partial charge in [0.2, 0.25) is 0 Å². The predicted molar refractivity (Wildman–Crippen MR) is 86.4 cm³/mol. The lowest BCUT2D eigenvalue weighted by Gasteiger charge is -2.34. The van der Waals surface area contributed by atoms with E-state index in [1.165, 1.54) is 42.3 Å². The van der Waals surface area contributed by atoms with Gasteiger partial charge >= 0.3 is 0 Å². The van der Waals surface area contributed by atoms with Gasteiger partial charge in [-0.2, -0.15) is 0 Å². The Labute approximate surface area is 126 Å². The van der Waals surface area contributed by atoms with Crippen LogP contribution in [0.15, 0.2) is 28.7 Å². The minimum absolute atomic E-state index is 0.743. The molecule has 1 aliphatic carbocycles. The van der Waals surface area contributed by atoms with Crippen LogP contribution in [0.3, 0.4) is 0 Å². The normalized spacial score (nSPS) is 17.5. The summed E-state index contributed by atoms with van der Waals surface area (Å²) in [4.78, 5) is 0. The maximum atomic E-state index is 3.66. The fourth-order valence-corrected chi connectivity index (χ4v) is 3.29. The van der Waals surface area contributed by atoms with Crippen molar-refractivity contribution in [2.24, 2.45) is 17.8 Å². The lowest BCUT2D eigenvalue weighted by atomic mass is 9.73. The maximum absolute atomic E-state index is 3.66. The Bertz CT molecular complexity index is 385. The number of benzene rings is 1. The first-order valence-corrected chi connectivity index (χ1v) is 8.39. The first kappa shape index (κ1) is 15.1. The summed E-state index contributed by atoms with van der Waals surface area (Å²) in [5, 5.41) is 3.66. The van der Waals surface area contributed by atoms with Crippen LogP contribution in [-0.4, -0.2) is 13.1 Å². The summed E-state index contributed by atoms with van der Waals surface area (Å²) in [6, 6.07) is 8.80. The fourth-order valence-electron chi connectivity index (χ4n) is 2.84. The number of halogens is 1. The summed E-state index contributed by atoms with van der Waals surface area (Å²) in [6.45, 7) is 6.87. The van der Waals surface area contributed by atoms with Crippen molar-refractivity contribution in [3.63, 3.8) is 0 Å². The van der Waals surface area contributed by atoms with Crippen LogP contribution < -0.4 is 5.32 Å². The largest absolute Gasteiger partial charge is 0.316 e. The highest BCUT2D eigenvalue weighted by Gasteiger charge is 2.27. The Hall–Kier alpha value is -0.340. The molecule has 0 heterocycles. The van der Waals surface area contributed by atoms with Gasteiger partial charge in [-0.15, -0.1) is 0 Å². The zero-order valence-corrected chi connectivity index (χ0v) is 13.7. The Balaban J connectivity index is 1.89. The Kier molecular flexibility index (Phi) is 5.90. The van der Waals surface area contributed by atoms with Gasteiger partial charge in [0.05, 0.1) is 0 Å². The van der Waals surface area contributed by atoms with E-state index in [4.69, 9.17) is 0 Å². The van der Waals surface area contributed by atoms with E-state index in [-0.39, 0.29) is 0 Å². The maximum Gasteiger partial charge on any atom is 0.0177 e. The van der Waals surface area contributed by atoms with Crippen LogP contribution in [-0.2, 0) is 6.42 Å². The molecule has 0 saturated heterocycles. The van der Waals surface area contributed by atoms with E-state index in [2.05, 4.69) is 59.4 Å². The molecular weight excluding hydrogens is 298 g/mol. The third kappa shape index (κ3) is 4.92. The highest BCUT2D eigenvalue weighted by atomic mass is 79.9. The standard InChI is InChI=1S/C17H26BrN/c1-13(2)11-19-12-16(15-6-4-7-15)9-14-5-3-8-17(18)10-14/h3,5,8,10,13,15-16,19H,4,6-7,9,11-12H2,1-2H3. The minimum atomic E-state index is 0.743. The number of hydrogen-bond donors (Lipinski definition) is 1. The molecule has 0 bridgehead atoms. The van der Waals surface area contributed by atoms with E-state index < -0.39 is 0 Å². The van der Waals surface area contributed by atoms with Crippen LogP contribution in [0, 0.1) is 17.8 Å². The van der Waals surface area contributed by atoms with E-state index >= 15 is 0 Å². The molecule has 1 saturated carbocycles. The van der Waals surface area contributed by atoms with Crippen molar-refractivity contribution in [2.45, 2.75) is 39.5 Å². The van der Waals surface area contributed by atoms with Crippen LogP contribution in [0.2, 0.25) is 0 Å². The van der Waals surface area contributed by atoms with E-state index in [1.807, 2.05) is 0 Å². The molecule has 1 atom stereocenters. The van der Waals surface area contributed by atoms with Gasteiger partial charge in [0, 0.05) is 4.47 Å². The van der Waals surface area contributed by atoms with Crippen molar-refractivity contribution in [3.8, 4) is 0 Å². The fraction of sp³-hybridized carbons (Fsp3) is 0.647. The number of hydrogen-bond acceptors (Lipinski definition) is 1. The third-order valence-electron chi connectivity index (χ3n) is 4.16. The smallest absolute Gasteiger partial charge is 0.0177 e. The van der Waals surface area contributed by atoms with Crippen LogP contribution in [0.1, 0.15) is 38.7 Å².